The van der Waals surface area contributed by atoms with Crippen LogP contribution in [-0.2, 0) is 16.1 Å². The van der Waals surface area contributed by atoms with Crippen LogP contribution < -0.4 is 5.32 Å². The van der Waals surface area contributed by atoms with E-state index in [0.717, 1.165) is 17.0 Å². The van der Waals surface area contributed by atoms with Gasteiger partial charge in [0.15, 0.2) is 6.39 Å². The van der Waals surface area contributed by atoms with Gasteiger partial charge in [0.25, 0.3) is 5.91 Å². The molecule has 1 aliphatic heterocycles. The first-order valence-corrected chi connectivity index (χ1v) is 7.88. The molecular formula is C16H21N3O5. The molecule has 0 bridgehead atoms. The van der Waals surface area contributed by atoms with E-state index < -0.39 is 0 Å². The second-order valence-corrected chi connectivity index (χ2v) is 5.86. The molecule has 1 saturated heterocycles. The summed E-state index contributed by atoms with van der Waals surface area (Å²) >= 11 is 0. The van der Waals surface area contributed by atoms with E-state index in [-0.39, 0.29) is 23.8 Å². The van der Waals surface area contributed by atoms with Crippen molar-refractivity contribution in [2.75, 3.05) is 13.2 Å². The van der Waals surface area contributed by atoms with E-state index in [1.165, 1.54) is 6.39 Å². The van der Waals surface area contributed by atoms with E-state index in [0.29, 0.717) is 31.9 Å². The number of carbonyl (C=O) groups is 1. The standard InChI is InChI=1S/C16H21N3O5/c1-9-12(11(3)24-19-9)6-22-14-4-5-21-7-13(14)18-16(20)15-10(2)17-8-23-15/h8,13-14H,4-7H2,1-3H3,(H,18,20)/t13-,14+/m1/s1. The van der Waals surface area contributed by atoms with Crippen molar-refractivity contribution in [3.8, 4) is 0 Å². The molecule has 3 rings (SSSR count). The third kappa shape index (κ3) is 3.49. The van der Waals surface area contributed by atoms with Crippen LogP contribution in [0.25, 0.3) is 0 Å². The number of nitrogens with one attached hydrogen (secondary N) is 1. The van der Waals surface area contributed by atoms with Crippen LogP contribution in [0.15, 0.2) is 15.3 Å². The number of aromatic nitrogens is 2. The Morgan fingerprint density at radius 1 is 1.38 bits per heavy atom. The lowest BCUT2D eigenvalue weighted by Gasteiger charge is -2.31. The monoisotopic (exact) mass is 335 g/mol. The van der Waals surface area contributed by atoms with Gasteiger partial charge in [0.2, 0.25) is 5.76 Å². The number of oxazole rings is 1. The second kappa shape index (κ2) is 7.14. The smallest absolute Gasteiger partial charge is 0.289 e. The van der Waals surface area contributed by atoms with Crippen LogP contribution >= 0.6 is 0 Å². The van der Waals surface area contributed by atoms with Gasteiger partial charge in [-0.15, -0.1) is 0 Å². The summed E-state index contributed by atoms with van der Waals surface area (Å²) in [6.45, 7) is 6.84. The highest BCUT2D eigenvalue weighted by molar-refractivity contribution is 5.92. The normalized spacial score (nSPS) is 21.0. The summed E-state index contributed by atoms with van der Waals surface area (Å²) in [6.07, 6.45) is 1.80. The van der Waals surface area contributed by atoms with Gasteiger partial charge >= 0.3 is 0 Å². The summed E-state index contributed by atoms with van der Waals surface area (Å²) in [5.74, 6) is 0.647. The molecule has 3 heterocycles. The van der Waals surface area contributed by atoms with Gasteiger partial charge in [-0.2, -0.15) is 0 Å². The van der Waals surface area contributed by atoms with Crippen LogP contribution in [0.1, 0.15) is 39.7 Å². The maximum absolute atomic E-state index is 12.3. The first-order valence-electron chi connectivity index (χ1n) is 7.88. The van der Waals surface area contributed by atoms with Crippen molar-refractivity contribution in [2.45, 2.75) is 45.9 Å². The molecule has 0 spiro atoms. The fourth-order valence-corrected chi connectivity index (χ4v) is 2.70. The number of carbonyl (C=O) groups excluding carboxylic acids is 1. The highest BCUT2D eigenvalue weighted by Crippen LogP contribution is 2.19. The molecule has 0 unspecified atom stereocenters. The Hall–Kier alpha value is -2.19. The Balaban J connectivity index is 1.63. The van der Waals surface area contributed by atoms with E-state index >= 15 is 0 Å². The first-order chi connectivity index (χ1) is 11.6. The van der Waals surface area contributed by atoms with Crippen molar-refractivity contribution in [3.63, 3.8) is 0 Å². The SMILES string of the molecule is Cc1ncoc1C(=O)N[C@@H]1COCC[C@@H]1OCc1c(C)noc1C. The molecule has 1 fully saturated rings. The first kappa shape index (κ1) is 16.7. The molecule has 8 nitrogen and oxygen atoms in total. The molecule has 8 heteroatoms. The third-order valence-electron chi connectivity index (χ3n) is 4.18. The van der Waals surface area contributed by atoms with Crippen molar-refractivity contribution >= 4 is 5.91 Å². The number of amides is 1. The van der Waals surface area contributed by atoms with Gasteiger partial charge in [-0.1, -0.05) is 5.16 Å². The van der Waals surface area contributed by atoms with E-state index in [9.17, 15) is 4.79 Å². The van der Waals surface area contributed by atoms with Crippen LogP contribution in [-0.4, -0.2) is 41.4 Å². The maximum atomic E-state index is 12.3. The highest BCUT2D eigenvalue weighted by Gasteiger charge is 2.30. The Morgan fingerprint density at radius 3 is 2.88 bits per heavy atom. The summed E-state index contributed by atoms with van der Waals surface area (Å²) in [7, 11) is 0. The predicted molar refractivity (Wildman–Crippen MR) is 82.5 cm³/mol. The van der Waals surface area contributed by atoms with Crippen LogP contribution in [0.3, 0.4) is 0 Å². The van der Waals surface area contributed by atoms with Crippen LogP contribution in [0.5, 0.6) is 0 Å². The number of hydrogen-bond donors (Lipinski definition) is 1. The molecule has 1 aliphatic rings. The lowest BCUT2D eigenvalue weighted by Crippen LogP contribution is -2.50. The average Bonchev–Trinajstić information content (AvgIpc) is 3.13. The second-order valence-electron chi connectivity index (χ2n) is 5.86. The summed E-state index contributed by atoms with van der Waals surface area (Å²) in [6, 6.07) is -0.253. The summed E-state index contributed by atoms with van der Waals surface area (Å²) in [5, 5.41) is 6.83. The molecule has 1 N–H and O–H groups in total. The zero-order valence-electron chi connectivity index (χ0n) is 14.0. The quantitative estimate of drug-likeness (QED) is 0.887. The van der Waals surface area contributed by atoms with Crippen LogP contribution in [0, 0.1) is 20.8 Å². The predicted octanol–water partition coefficient (Wildman–Crippen LogP) is 1.69. The summed E-state index contributed by atoms with van der Waals surface area (Å²) in [4.78, 5) is 16.2. The van der Waals surface area contributed by atoms with Gasteiger partial charge in [0.1, 0.15) is 5.76 Å². The fraction of sp³-hybridized carbons (Fsp3) is 0.562. The fourth-order valence-electron chi connectivity index (χ4n) is 2.70. The molecule has 130 valence electrons. The molecular weight excluding hydrogens is 314 g/mol. The Labute approximate surface area is 139 Å². The van der Waals surface area contributed by atoms with Gasteiger partial charge in [0.05, 0.1) is 36.7 Å². The lowest BCUT2D eigenvalue weighted by molar-refractivity contribution is -0.0609. The minimum Gasteiger partial charge on any atom is -0.438 e. The van der Waals surface area contributed by atoms with Gasteiger partial charge < -0.3 is 23.7 Å². The van der Waals surface area contributed by atoms with Crippen LogP contribution in [0.2, 0.25) is 0 Å². The van der Waals surface area contributed by atoms with Crippen molar-refractivity contribution in [3.05, 3.63) is 34.9 Å². The molecule has 2 aromatic heterocycles. The Bertz CT molecular complexity index is 689. The van der Waals surface area contributed by atoms with Gasteiger partial charge in [-0.25, -0.2) is 4.98 Å². The molecule has 0 aliphatic carbocycles. The number of rotatable bonds is 5. The number of ether oxygens (including phenoxy) is 2. The number of nitrogens with zero attached hydrogens (tertiary/aromatic N) is 2. The Morgan fingerprint density at radius 2 is 2.21 bits per heavy atom. The topological polar surface area (TPSA) is 99.6 Å². The Kier molecular flexibility index (Phi) is 4.96. The van der Waals surface area contributed by atoms with Crippen LogP contribution in [0.4, 0.5) is 0 Å². The van der Waals surface area contributed by atoms with Crippen molar-refractivity contribution in [1.29, 1.82) is 0 Å². The van der Waals surface area contributed by atoms with Crippen molar-refractivity contribution in [1.82, 2.24) is 15.5 Å². The average molecular weight is 335 g/mol. The van der Waals surface area contributed by atoms with E-state index in [4.69, 9.17) is 18.4 Å². The minimum absolute atomic E-state index is 0.153. The molecule has 24 heavy (non-hydrogen) atoms. The number of aryl methyl sites for hydroxylation is 3. The highest BCUT2D eigenvalue weighted by atomic mass is 16.5. The third-order valence-corrected chi connectivity index (χ3v) is 4.18. The molecule has 2 atom stereocenters. The molecule has 0 radical (unpaired) electrons. The van der Waals surface area contributed by atoms with Gasteiger partial charge in [-0.3, -0.25) is 4.79 Å². The lowest BCUT2D eigenvalue weighted by atomic mass is 10.1. The molecule has 1 amide bonds. The van der Waals surface area contributed by atoms with Gasteiger partial charge in [-0.05, 0) is 27.2 Å². The van der Waals surface area contributed by atoms with E-state index in [1.807, 2.05) is 13.8 Å². The summed E-state index contributed by atoms with van der Waals surface area (Å²) < 4.78 is 21.8. The van der Waals surface area contributed by atoms with Gasteiger partial charge in [0, 0.05) is 12.2 Å². The van der Waals surface area contributed by atoms with Crippen molar-refractivity contribution < 1.29 is 23.2 Å². The zero-order valence-corrected chi connectivity index (χ0v) is 14.0. The largest absolute Gasteiger partial charge is 0.438 e. The van der Waals surface area contributed by atoms with E-state index in [2.05, 4.69) is 15.5 Å². The molecule has 0 aromatic carbocycles. The van der Waals surface area contributed by atoms with Crippen molar-refractivity contribution in [2.24, 2.45) is 0 Å². The minimum atomic E-state index is -0.313. The molecule has 0 saturated carbocycles. The maximum Gasteiger partial charge on any atom is 0.289 e. The van der Waals surface area contributed by atoms with E-state index in [1.54, 1.807) is 6.92 Å². The molecule has 2 aromatic rings. The summed E-state index contributed by atoms with van der Waals surface area (Å²) in [5.41, 5.74) is 2.31. The number of hydrogen-bond acceptors (Lipinski definition) is 7. The zero-order chi connectivity index (χ0) is 17.1.